The molecule has 198 valence electrons. The van der Waals surface area contributed by atoms with Gasteiger partial charge in [-0.05, 0) is 24.1 Å². The Balaban J connectivity index is 3.10. The highest BCUT2D eigenvalue weighted by Crippen LogP contribution is 2.14. The summed E-state index contributed by atoms with van der Waals surface area (Å²) in [6.07, 6.45) is 0.449. The molecule has 1 unspecified atom stereocenters. The molecule has 1 aromatic carbocycles. The second-order valence-electron chi connectivity index (χ2n) is 7.64. The standard InChI is InChI=1S/C21H34N4O10/c1-32-34-14-25(15-35-33-2)18(9-16-3-5-17(22)6-4-16)10-23(11-19(26)27)7-8-24(12-20(28)29)13-21(30)31/h3-6,18H,7-15,22H2,1-2H3,(H,26,27)(H,28,29)(H,30,31). The molecule has 0 radical (unpaired) electrons. The Hall–Kier alpha value is -2.85. The van der Waals surface area contributed by atoms with E-state index in [9.17, 15) is 19.5 Å². The van der Waals surface area contributed by atoms with E-state index in [-0.39, 0.29) is 45.7 Å². The van der Waals surface area contributed by atoms with E-state index >= 15 is 0 Å². The Morgan fingerprint density at radius 2 is 1.29 bits per heavy atom. The van der Waals surface area contributed by atoms with Crippen LogP contribution in [0.3, 0.4) is 0 Å². The van der Waals surface area contributed by atoms with Gasteiger partial charge in [0.1, 0.15) is 13.5 Å². The largest absolute Gasteiger partial charge is 0.480 e. The van der Waals surface area contributed by atoms with Crippen LogP contribution in [0.2, 0.25) is 0 Å². The molecule has 0 saturated heterocycles. The van der Waals surface area contributed by atoms with Gasteiger partial charge in [-0.15, -0.1) is 0 Å². The molecule has 1 atom stereocenters. The number of hydrogen-bond acceptors (Lipinski definition) is 11. The van der Waals surface area contributed by atoms with Gasteiger partial charge in [-0.3, -0.25) is 24.2 Å². The predicted octanol–water partition coefficient (Wildman–Crippen LogP) is -0.589. The smallest absolute Gasteiger partial charge is 0.317 e. The number of nitrogens with zero attached hydrogens (tertiary/aromatic N) is 3. The molecule has 1 rings (SSSR count). The number of carboxylic acids is 3. The van der Waals surface area contributed by atoms with E-state index in [0.29, 0.717) is 12.1 Å². The maximum atomic E-state index is 11.5. The molecular weight excluding hydrogens is 468 g/mol. The Bertz CT molecular complexity index is 756. The number of carboxylic acid groups (broad SMARTS) is 3. The number of carbonyl (C=O) groups is 3. The zero-order valence-corrected chi connectivity index (χ0v) is 19.9. The van der Waals surface area contributed by atoms with E-state index < -0.39 is 31.0 Å². The monoisotopic (exact) mass is 502 g/mol. The number of nitrogens with two attached hydrogens (primary N) is 1. The molecule has 35 heavy (non-hydrogen) atoms. The lowest BCUT2D eigenvalue weighted by atomic mass is 10.0. The fraction of sp³-hybridized carbons (Fsp3) is 0.571. The summed E-state index contributed by atoms with van der Waals surface area (Å²) in [5.74, 6) is -3.46. The first-order chi connectivity index (χ1) is 16.6. The Kier molecular flexibility index (Phi) is 14.4. The van der Waals surface area contributed by atoms with Crippen molar-refractivity contribution in [1.29, 1.82) is 0 Å². The van der Waals surface area contributed by atoms with Crippen molar-refractivity contribution in [3.63, 3.8) is 0 Å². The van der Waals surface area contributed by atoms with Gasteiger partial charge in [0.05, 0.1) is 33.9 Å². The third kappa shape index (κ3) is 13.6. The number of hydrogen-bond donors (Lipinski definition) is 4. The van der Waals surface area contributed by atoms with Crippen LogP contribution >= 0.6 is 0 Å². The SMILES string of the molecule is COOCN(COOC)C(Cc1ccc(N)cc1)CN(CCN(CC(=O)O)CC(=O)O)CC(=O)O. The van der Waals surface area contributed by atoms with Crippen molar-refractivity contribution in [1.82, 2.24) is 14.7 Å². The molecule has 0 amide bonds. The van der Waals surface area contributed by atoms with E-state index in [4.69, 9.17) is 35.5 Å². The summed E-state index contributed by atoms with van der Waals surface area (Å²) < 4.78 is 0. The van der Waals surface area contributed by atoms with Crippen LogP contribution in [-0.2, 0) is 40.4 Å². The van der Waals surface area contributed by atoms with Gasteiger partial charge < -0.3 is 21.1 Å². The fourth-order valence-corrected chi connectivity index (χ4v) is 3.33. The molecule has 0 aliphatic carbocycles. The normalized spacial score (nSPS) is 12.4. The highest BCUT2D eigenvalue weighted by molar-refractivity contribution is 5.72. The van der Waals surface area contributed by atoms with Gasteiger partial charge in [0.25, 0.3) is 0 Å². The van der Waals surface area contributed by atoms with Gasteiger partial charge in [0.15, 0.2) is 0 Å². The number of benzene rings is 1. The van der Waals surface area contributed by atoms with Gasteiger partial charge in [-0.25, -0.2) is 24.5 Å². The van der Waals surface area contributed by atoms with Crippen LogP contribution in [0.25, 0.3) is 0 Å². The van der Waals surface area contributed by atoms with Crippen molar-refractivity contribution < 1.29 is 49.3 Å². The molecule has 5 N–H and O–H groups in total. The van der Waals surface area contributed by atoms with Crippen LogP contribution in [0.4, 0.5) is 5.69 Å². The van der Waals surface area contributed by atoms with Gasteiger partial charge in [-0.1, -0.05) is 12.1 Å². The molecule has 0 saturated carbocycles. The topological polar surface area (TPSA) is 185 Å². The van der Waals surface area contributed by atoms with Crippen molar-refractivity contribution in [2.45, 2.75) is 12.5 Å². The van der Waals surface area contributed by atoms with Crippen molar-refractivity contribution in [3.8, 4) is 0 Å². The molecule has 0 aromatic heterocycles. The molecular formula is C21H34N4O10. The molecule has 0 bridgehead atoms. The average molecular weight is 503 g/mol. The van der Waals surface area contributed by atoms with Gasteiger partial charge >= 0.3 is 17.9 Å². The Labute approximate surface area is 203 Å². The average Bonchev–Trinajstić information content (AvgIpc) is 2.77. The first-order valence-electron chi connectivity index (χ1n) is 10.6. The van der Waals surface area contributed by atoms with Crippen LogP contribution in [0.1, 0.15) is 5.56 Å². The lowest BCUT2D eigenvalue weighted by Gasteiger charge is -2.34. The molecule has 0 aliphatic heterocycles. The zero-order chi connectivity index (χ0) is 26.2. The number of anilines is 1. The second kappa shape index (κ2) is 16.7. The summed E-state index contributed by atoms with van der Waals surface area (Å²) in [5, 5.41) is 27.6. The summed E-state index contributed by atoms with van der Waals surface area (Å²) in [4.78, 5) is 57.8. The van der Waals surface area contributed by atoms with Crippen LogP contribution in [0.5, 0.6) is 0 Å². The summed E-state index contributed by atoms with van der Waals surface area (Å²) in [6, 6.07) is 6.82. The van der Waals surface area contributed by atoms with Crippen molar-refractivity contribution in [2.24, 2.45) is 0 Å². The molecule has 0 aliphatic rings. The van der Waals surface area contributed by atoms with Gasteiger partial charge in [0, 0.05) is 31.4 Å². The Morgan fingerprint density at radius 1 is 0.829 bits per heavy atom. The minimum atomic E-state index is -1.18. The van der Waals surface area contributed by atoms with E-state index in [2.05, 4.69) is 0 Å². The molecule has 0 spiro atoms. The zero-order valence-electron chi connectivity index (χ0n) is 19.9. The minimum Gasteiger partial charge on any atom is -0.480 e. The van der Waals surface area contributed by atoms with Crippen molar-refractivity contribution in [2.75, 3.05) is 72.7 Å². The van der Waals surface area contributed by atoms with Crippen LogP contribution in [0.15, 0.2) is 24.3 Å². The highest BCUT2D eigenvalue weighted by atomic mass is 17.2. The van der Waals surface area contributed by atoms with E-state index in [0.717, 1.165) is 5.56 Å². The second-order valence-corrected chi connectivity index (χ2v) is 7.64. The summed E-state index contributed by atoms with van der Waals surface area (Å²) >= 11 is 0. The van der Waals surface area contributed by atoms with Crippen LogP contribution < -0.4 is 5.73 Å². The molecule has 0 heterocycles. The molecule has 1 aromatic rings. The van der Waals surface area contributed by atoms with Crippen molar-refractivity contribution in [3.05, 3.63) is 29.8 Å². The highest BCUT2D eigenvalue weighted by Gasteiger charge is 2.25. The third-order valence-electron chi connectivity index (χ3n) is 4.92. The molecule has 14 heteroatoms. The van der Waals surface area contributed by atoms with Crippen molar-refractivity contribution >= 4 is 23.6 Å². The van der Waals surface area contributed by atoms with E-state index in [1.807, 2.05) is 12.1 Å². The first-order valence-corrected chi connectivity index (χ1v) is 10.6. The van der Waals surface area contributed by atoms with E-state index in [1.54, 1.807) is 21.9 Å². The fourth-order valence-electron chi connectivity index (χ4n) is 3.33. The first kappa shape index (κ1) is 30.2. The minimum absolute atomic E-state index is 0.0233. The number of rotatable bonds is 20. The maximum Gasteiger partial charge on any atom is 0.317 e. The van der Waals surface area contributed by atoms with Crippen LogP contribution in [-0.4, -0.2) is 121 Å². The summed E-state index contributed by atoms with van der Waals surface area (Å²) in [5.41, 5.74) is 7.28. The number of nitrogen functional groups attached to an aromatic ring is 1. The summed E-state index contributed by atoms with van der Waals surface area (Å²) in [6.45, 7) is -1.04. The predicted molar refractivity (Wildman–Crippen MR) is 122 cm³/mol. The van der Waals surface area contributed by atoms with Crippen LogP contribution in [0, 0.1) is 0 Å². The Morgan fingerprint density at radius 3 is 1.74 bits per heavy atom. The summed E-state index contributed by atoms with van der Waals surface area (Å²) in [7, 11) is 2.70. The lowest BCUT2D eigenvalue weighted by Crippen LogP contribution is -2.50. The third-order valence-corrected chi connectivity index (χ3v) is 4.92. The van der Waals surface area contributed by atoms with Gasteiger partial charge in [0.2, 0.25) is 0 Å². The molecule has 0 fully saturated rings. The van der Waals surface area contributed by atoms with Gasteiger partial charge in [-0.2, -0.15) is 0 Å². The quantitative estimate of drug-likeness (QED) is 0.0767. The molecule has 14 nitrogen and oxygen atoms in total. The maximum absolute atomic E-state index is 11.5. The van der Waals surface area contributed by atoms with E-state index in [1.165, 1.54) is 19.1 Å². The number of aliphatic carboxylic acids is 3. The lowest BCUT2D eigenvalue weighted by molar-refractivity contribution is -0.338.